The van der Waals surface area contributed by atoms with Crippen molar-refractivity contribution in [2.45, 2.75) is 32.7 Å². The lowest BCUT2D eigenvalue weighted by Gasteiger charge is -2.16. The molecule has 0 spiro atoms. The molecule has 1 atom stereocenters. The topological polar surface area (TPSA) is 62.7 Å². The highest BCUT2D eigenvalue weighted by molar-refractivity contribution is 7.71. The van der Waals surface area contributed by atoms with E-state index in [1.165, 1.54) is 5.56 Å². The first-order valence-corrected chi connectivity index (χ1v) is 9.37. The van der Waals surface area contributed by atoms with Crippen LogP contribution in [-0.4, -0.2) is 20.7 Å². The summed E-state index contributed by atoms with van der Waals surface area (Å²) < 4.78 is 2.19. The predicted octanol–water partition coefficient (Wildman–Crippen LogP) is 4.99. The average molecular weight is 373 g/mol. The van der Waals surface area contributed by atoms with E-state index in [1.807, 2.05) is 42.6 Å². The van der Waals surface area contributed by atoms with Gasteiger partial charge in [-0.2, -0.15) is 5.10 Å². The monoisotopic (exact) mass is 372 g/mol. The number of aromatic nitrogens is 3. The highest BCUT2D eigenvalue weighted by Gasteiger charge is 2.21. The van der Waals surface area contributed by atoms with Crippen molar-refractivity contribution >= 4 is 35.1 Å². The number of hydrogen-bond donors (Lipinski definition) is 2. The van der Waals surface area contributed by atoms with Crippen molar-refractivity contribution in [2.24, 2.45) is 0 Å². The Balaban J connectivity index is 1.86. The van der Waals surface area contributed by atoms with Crippen molar-refractivity contribution in [3.05, 3.63) is 52.1 Å². The number of H-pyrrole nitrogens is 1. The van der Waals surface area contributed by atoms with E-state index in [-0.39, 0.29) is 5.91 Å². The van der Waals surface area contributed by atoms with Crippen molar-refractivity contribution in [3.8, 4) is 10.7 Å². The number of nitrogens with zero attached hydrogens (tertiary/aromatic N) is 2. The number of nitrogens with one attached hydrogen (secondary N) is 2. The first-order chi connectivity index (χ1) is 12.0. The van der Waals surface area contributed by atoms with Crippen LogP contribution in [0.4, 0.5) is 5.69 Å². The fourth-order valence-electron chi connectivity index (χ4n) is 2.58. The minimum atomic E-state index is -0.481. The third kappa shape index (κ3) is 3.72. The van der Waals surface area contributed by atoms with Crippen molar-refractivity contribution < 1.29 is 4.79 Å². The quantitative estimate of drug-likeness (QED) is 0.620. The van der Waals surface area contributed by atoms with Crippen LogP contribution >= 0.6 is 23.6 Å². The van der Waals surface area contributed by atoms with Gasteiger partial charge in [0, 0.05) is 5.69 Å². The molecule has 3 aromatic rings. The van der Waals surface area contributed by atoms with Crippen molar-refractivity contribution in [3.63, 3.8) is 0 Å². The standard InChI is InChI=1S/C18H20N4OS2/c1-11(2)13-6-4-7-14(10-13)19-17(23)12(3)22-16(20-21-18(22)24)15-8-5-9-25-15/h4-12H,1-3H3,(H,19,23)(H,21,24)/t12-/m0/s1. The maximum absolute atomic E-state index is 12.7. The SMILES string of the molecule is CC(C)c1cccc(NC(=O)[C@H](C)n2c(-c3cccs3)n[nH]c2=S)c1. The normalized spacial score (nSPS) is 12.3. The Bertz CT molecular complexity index is 925. The van der Waals surface area contributed by atoms with Crippen molar-refractivity contribution in [1.82, 2.24) is 14.8 Å². The van der Waals surface area contributed by atoms with Crippen LogP contribution in [0.15, 0.2) is 41.8 Å². The number of amides is 1. The Morgan fingerprint density at radius 3 is 2.76 bits per heavy atom. The van der Waals surface area contributed by atoms with Gasteiger partial charge in [0.15, 0.2) is 10.6 Å². The second-order valence-corrected chi connectivity index (χ2v) is 7.48. The van der Waals surface area contributed by atoms with Gasteiger partial charge in [-0.1, -0.05) is 32.0 Å². The summed E-state index contributed by atoms with van der Waals surface area (Å²) in [6, 6.07) is 11.3. The largest absolute Gasteiger partial charge is 0.324 e. The van der Waals surface area contributed by atoms with Gasteiger partial charge in [0.2, 0.25) is 5.91 Å². The van der Waals surface area contributed by atoms with E-state index in [9.17, 15) is 4.79 Å². The third-order valence-corrected chi connectivity index (χ3v) is 5.19. The summed E-state index contributed by atoms with van der Waals surface area (Å²) in [7, 11) is 0. The average Bonchev–Trinajstić information content (AvgIpc) is 3.23. The van der Waals surface area contributed by atoms with Crippen LogP contribution in [0.1, 0.15) is 38.3 Å². The van der Waals surface area contributed by atoms with Crippen LogP contribution in [0.25, 0.3) is 10.7 Å². The maximum atomic E-state index is 12.7. The van der Waals surface area contributed by atoms with Crippen LogP contribution < -0.4 is 5.32 Å². The molecule has 0 aliphatic carbocycles. The molecule has 0 aliphatic rings. The van der Waals surface area contributed by atoms with Gasteiger partial charge in [0.1, 0.15) is 6.04 Å². The second-order valence-electron chi connectivity index (χ2n) is 6.15. The maximum Gasteiger partial charge on any atom is 0.247 e. The van der Waals surface area contributed by atoms with Gasteiger partial charge in [-0.3, -0.25) is 14.5 Å². The van der Waals surface area contributed by atoms with Gasteiger partial charge in [0.05, 0.1) is 4.88 Å². The summed E-state index contributed by atoms with van der Waals surface area (Å²) in [4.78, 5) is 13.7. The molecule has 2 heterocycles. The fourth-order valence-corrected chi connectivity index (χ4v) is 3.58. The highest BCUT2D eigenvalue weighted by atomic mass is 32.1. The molecule has 0 fully saturated rings. The minimum Gasteiger partial charge on any atom is -0.324 e. The zero-order valence-corrected chi connectivity index (χ0v) is 15.9. The zero-order chi connectivity index (χ0) is 18.0. The van der Waals surface area contributed by atoms with Crippen molar-refractivity contribution in [1.29, 1.82) is 0 Å². The molecular weight excluding hydrogens is 352 g/mol. The van der Waals surface area contributed by atoms with Gasteiger partial charge in [-0.05, 0) is 54.2 Å². The molecule has 0 saturated heterocycles. The summed E-state index contributed by atoms with van der Waals surface area (Å²) in [5.74, 6) is 0.956. The predicted molar refractivity (Wildman–Crippen MR) is 105 cm³/mol. The fraction of sp³-hybridized carbons (Fsp3) is 0.278. The Labute approximate surface area is 155 Å². The molecule has 2 N–H and O–H groups in total. The molecule has 3 rings (SSSR count). The number of carbonyl (C=O) groups is 1. The first kappa shape index (κ1) is 17.6. The van der Waals surface area contributed by atoms with E-state index in [1.54, 1.807) is 15.9 Å². The van der Waals surface area contributed by atoms with E-state index in [2.05, 4.69) is 35.4 Å². The van der Waals surface area contributed by atoms with Gasteiger partial charge in [-0.15, -0.1) is 11.3 Å². The van der Waals surface area contributed by atoms with Crippen molar-refractivity contribution in [2.75, 3.05) is 5.32 Å². The molecule has 0 aliphatic heterocycles. The second kappa shape index (κ2) is 7.33. The summed E-state index contributed by atoms with van der Waals surface area (Å²) >= 11 is 6.89. The lowest BCUT2D eigenvalue weighted by atomic mass is 10.0. The van der Waals surface area contributed by atoms with Crippen LogP contribution in [0.5, 0.6) is 0 Å². The summed E-state index contributed by atoms with van der Waals surface area (Å²) in [6.45, 7) is 6.08. The lowest BCUT2D eigenvalue weighted by molar-refractivity contribution is -0.118. The molecule has 0 bridgehead atoms. The molecule has 5 nitrogen and oxygen atoms in total. The van der Waals surface area contributed by atoms with Crippen LogP contribution in [0.3, 0.4) is 0 Å². The number of thiophene rings is 1. The Morgan fingerprint density at radius 2 is 2.08 bits per heavy atom. The molecule has 130 valence electrons. The third-order valence-electron chi connectivity index (χ3n) is 4.03. The molecule has 0 saturated carbocycles. The number of benzene rings is 1. The van der Waals surface area contributed by atoms with E-state index >= 15 is 0 Å². The van der Waals surface area contributed by atoms with Crippen LogP contribution in [0, 0.1) is 4.77 Å². The summed E-state index contributed by atoms with van der Waals surface area (Å²) in [5, 5.41) is 12.0. The van der Waals surface area contributed by atoms with Gasteiger partial charge >= 0.3 is 0 Å². The molecule has 2 aromatic heterocycles. The molecule has 25 heavy (non-hydrogen) atoms. The number of carbonyl (C=O) groups excluding carboxylic acids is 1. The lowest BCUT2D eigenvalue weighted by Crippen LogP contribution is -2.24. The summed E-state index contributed by atoms with van der Waals surface area (Å²) in [5.41, 5.74) is 1.97. The van der Waals surface area contributed by atoms with E-state index < -0.39 is 6.04 Å². The van der Waals surface area contributed by atoms with E-state index in [0.29, 0.717) is 16.5 Å². The summed E-state index contributed by atoms with van der Waals surface area (Å²) in [6.07, 6.45) is 0. The number of aromatic amines is 1. The molecule has 7 heteroatoms. The first-order valence-electron chi connectivity index (χ1n) is 8.09. The molecule has 0 unspecified atom stereocenters. The Hall–Kier alpha value is -2.25. The van der Waals surface area contributed by atoms with Crippen LogP contribution in [0.2, 0.25) is 0 Å². The Morgan fingerprint density at radius 1 is 1.28 bits per heavy atom. The number of hydrogen-bond acceptors (Lipinski definition) is 4. The Kier molecular flexibility index (Phi) is 5.15. The van der Waals surface area contributed by atoms with Gasteiger partial charge in [0.25, 0.3) is 0 Å². The number of anilines is 1. The van der Waals surface area contributed by atoms with E-state index in [0.717, 1.165) is 10.6 Å². The van der Waals surface area contributed by atoms with E-state index in [4.69, 9.17) is 12.2 Å². The highest BCUT2D eigenvalue weighted by Crippen LogP contribution is 2.26. The molecule has 1 aromatic carbocycles. The molecular formula is C18H20N4OS2. The van der Waals surface area contributed by atoms with Gasteiger partial charge in [-0.25, -0.2) is 0 Å². The zero-order valence-electron chi connectivity index (χ0n) is 14.3. The number of rotatable bonds is 5. The van der Waals surface area contributed by atoms with Gasteiger partial charge < -0.3 is 5.32 Å². The smallest absolute Gasteiger partial charge is 0.247 e. The molecule has 1 amide bonds. The van der Waals surface area contributed by atoms with Crippen LogP contribution in [-0.2, 0) is 4.79 Å². The minimum absolute atomic E-state index is 0.129. The molecule has 0 radical (unpaired) electrons.